The molecule has 1 N–H and O–H groups in total. The van der Waals surface area contributed by atoms with Gasteiger partial charge in [0.2, 0.25) is 0 Å². The fourth-order valence-corrected chi connectivity index (χ4v) is 2.20. The molecular weight excluding hydrogens is 224 g/mol. The molecule has 3 nitrogen and oxygen atoms in total. The average Bonchev–Trinajstić information content (AvgIpc) is 2.61. The van der Waals surface area contributed by atoms with Gasteiger partial charge in [-0.2, -0.15) is 0 Å². The van der Waals surface area contributed by atoms with Crippen molar-refractivity contribution < 1.29 is 5.11 Å². The summed E-state index contributed by atoms with van der Waals surface area (Å²) >= 11 is 5.98. The number of aliphatic imine (C=N–C) groups is 1. The van der Waals surface area contributed by atoms with E-state index < -0.39 is 0 Å². The molecule has 0 radical (unpaired) electrons. The van der Waals surface area contributed by atoms with Crippen LogP contribution < -0.4 is 0 Å². The van der Waals surface area contributed by atoms with Crippen molar-refractivity contribution in [1.29, 1.82) is 0 Å². The van der Waals surface area contributed by atoms with E-state index in [2.05, 4.69) is 17.1 Å². The first-order valence-electron chi connectivity index (χ1n) is 5.42. The van der Waals surface area contributed by atoms with E-state index in [-0.39, 0.29) is 12.6 Å². The van der Waals surface area contributed by atoms with Crippen molar-refractivity contribution in [2.75, 3.05) is 19.7 Å². The second-order valence-corrected chi connectivity index (χ2v) is 4.25. The molecule has 4 heteroatoms. The van der Waals surface area contributed by atoms with E-state index in [1.165, 1.54) is 5.56 Å². The molecule has 0 spiro atoms. The summed E-state index contributed by atoms with van der Waals surface area (Å²) in [5.74, 6) is 0. The first-order valence-corrected chi connectivity index (χ1v) is 5.80. The highest BCUT2D eigenvalue weighted by molar-refractivity contribution is 6.64. The van der Waals surface area contributed by atoms with E-state index in [1.807, 2.05) is 23.1 Å². The van der Waals surface area contributed by atoms with Gasteiger partial charge in [-0.3, -0.25) is 4.99 Å². The number of rotatable bonds is 4. The van der Waals surface area contributed by atoms with Crippen molar-refractivity contribution >= 4 is 16.9 Å². The summed E-state index contributed by atoms with van der Waals surface area (Å²) in [6.45, 7) is 1.48. The molecule has 0 aromatic heterocycles. The number of hydrogen-bond donors (Lipinski definition) is 1. The predicted molar refractivity (Wildman–Crippen MR) is 65.9 cm³/mol. The van der Waals surface area contributed by atoms with Gasteiger partial charge >= 0.3 is 0 Å². The van der Waals surface area contributed by atoms with Crippen LogP contribution in [0.3, 0.4) is 0 Å². The van der Waals surface area contributed by atoms with E-state index in [0.29, 0.717) is 11.8 Å². The topological polar surface area (TPSA) is 35.8 Å². The van der Waals surface area contributed by atoms with E-state index in [4.69, 9.17) is 16.7 Å². The van der Waals surface area contributed by atoms with Crippen molar-refractivity contribution in [3.05, 3.63) is 35.9 Å². The van der Waals surface area contributed by atoms with Crippen LogP contribution in [0.5, 0.6) is 0 Å². The first-order chi connectivity index (χ1) is 7.79. The van der Waals surface area contributed by atoms with Crippen molar-refractivity contribution in [1.82, 2.24) is 4.90 Å². The molecule has 0 aliphatic carbocycles. The number of amidine groups is 1. The van der Waals surface area contributed by atoms with Gasteiger partial charge in [-0.25, -0.2) is 0 Å². The largest absolute Gasteiger partial charge is 0.395 e. The number of benzene rings is 1. The van der Waals surface area contributed by atoms with Gasteiger partial charge in [0.15, 0.2) is 5.29 Å². The molecule has 1 unspecified atom stereocenters. The zero-order valence-corrected chi connectivity index (χ0v) is 9.77. The Bertz CT molecular complexity index is 367. The number of aliphatic hydroxyl groups excluding tert-OH is 1. The molecule has 0 bridgehead atoms. The molecule has 86 valence electrons. The summed E-state index contributed by atoms with van der Waals surface area (Å²) < 4.78 is 0. The van der Waals surface area contributed by atoms with Crippen LogP contribution in [0.2, 0.25) is 0 Å². The highest BCUT2D eigenvalue weighted by atomic mass is 35.5. The minimum atomic E-state index is 0.115. The van der Waals surface area contributed by atoms with Gasteiger partial charge in [0.1, 0.15) is 0 Å². The highest BCUT2D eigenvalue weighted by Gasteiger charge is 2.23. The monoisotopic (exact) mass is 238 g/mol. The fraction of sp³-hybridized carbons (Fsp3) is 0.417. The smallest absolute Gasteiger partial charge is 0.194 e. The van der Waals surface area contributed by atoms with Gasteiger partial charge in [0.05, 0.1) is 12.6 Å². The summed E-state index contributed by atoms with van der Waals surface area (Å²) in [6.07, 6.45) is 0.902. The molecule has 0 saturated heterocycles. The lowest BCUT2D eigenvalue weighted by Crippen LogP contribution is -2.30. The maximum Gasteiger partial charge on any atom is 0.194 e. The molecule has 1 aliphatic rings. The maximum atomic E-state index is 8.87. The quantitative estimate of drug-likeness (QED) is 0.807. The van der Waals surface area contributed by atoms with Gasteiger partial charge in [-0.1, -0.05) is 30.3 Å². The van der Waals surface area contributed by atoms with Crippen LogP contribution in [-0.2, 0) is 6.42 Å². The van der Waals surface area contributed by atoms with Gasteiger partial charge in [0, 0.05) is 13.1 Å². The highest BCUT2D eigenvalue weighted by Crippen LogP contribution is 2.15. The molecule has 1 aromatic carbocycles. The van der Waals surface area contributed by atoms with E-state index >= 15 is 0 Å². The summed E-state index contributed by atoms with van der Waals surface area (Å²) in [5, 5.41) is 9.39. The van der Waals surface area contributed by atoms with Crippen LogP contribution in [0.15, 0.2) is 35.3 Å². The molecule has 1 aromatic rings. The third kappa shape index (κ3) is 2.74. The number of nitrogens with zero attached hydrogens (tertiary/aromatic N) is 2. The van der Waals surface area contributed by atoms with E-state index in [9.17, 15) is 0 Å². The van der Waals surface area contributed by atoms with Crippen LogP contribution >= 0.6 is 11.6 Å². The van der Waals surface area contributed by atoms with Crippen LogP contribution in [-0.4, -0.2) is 41.0 Å². The van der Waals surface area contributed by atoms with Gasteiger partial charge in [-0.05, 0) is 23.6 Å². The number of halogens is 1. The normalized spacial score (nSPS) is 20.0. The number of β-amino-alcohol motifs (C(OH)–C–C–N with tert-alkyl or cyclic N) is 1. The van der Waals surface area contributed by atoms with Gasteiger partial charge in [0.25, 0.3) is 0 Å². The Morgan fingerprint density at radius 2 is 2.12 bits per heavy atom. The lowest BCUT2D eigenvalue weighted by molar-refractivity contribution is 0.253. The van der Waals surface area contributed by atoms with Gasteiger partial charge in [-0.15, -0.1) is 0 Å². The molecule has 0 amide bonds. The van der Waals surface area contributed by atoms with Crippen LogP contribution in [0.1, 0.15) is 5.56 Å². The Morgan fingerprint density at radius 3 is 2.81 bits per heavy atom. The Labute approximate surface area is 100 Å². The SMILES string of the molecule is OCCN1CC(Cc2ccccc2)N=C1Cl. The minimum absolute atomic E-state index is 0.115. The van der Waals surface area contributed by atoms with E-state index in [1.54, 1.807) is 0 Å². The number of aliphatic hydroxyl groups is 1. The molecule has 0 fully saturated rings. The molecule has 1 heterocycles. The van der Waals surface area contributed by atoms with Crippen LogP contribution in [0.25, 0.3) is 0 Å². The van der Waals surface area contributed by atoms with E-state index in [0.717, 1.165) is 13.0 Å². The summed E-state index contributed by atoms with van der Waals surface area (Å²) in [6, 6.07) is 10.5. The molecule has 16 heavy (non-hydrogen) atoms. The zero-order chi connectivity index (χ0) is 11.4. The third-order valence-corrected chi connectivity index (χ3v) is 3.00. The Kier molecular flexibility index (Phi) is 3.80. The second-order valence-electron chi connectivity index (χ2n) is 3.91. The van der Waals surface area contributed by atoms with Crippen molar-refractivity contribution in [3.63, 3.8) is 0 Å². The average molecular weight is 239 g/mol. The fourth-order valence-electron chi connectivity index (χ4n) is 1.90. The lowest BCUT2D eigenvalue weighted by atomic mass is 10.1. The molecule has 1 aliphatic heterocycles. The molecule has 0 saturated carbocycles. The minimum Gasteiger partial charge on any atom is -0.395 e. The summed E-state index contributed by atoms with van der Waals surface area (Å²) in [7, 11) is 0. The second kappa shape index (κ2) is 5.32. The lowest BCUT2D eigenvalue weighted by Gasteiger charge is -2.16. The molecule has 1 atom stereocenters. The standard InChI is InChI=1S/C12H15ClN2O/c13-12-14-11(9-15(12)6-7-16)8-10-4-2-1-3-5-10/h1-5,11,16H,6-9H2. The number of hydrogen-bond acceptors (Lipinski definition) is 3. The Balaban J connectivity index is 1.94. The van der Waals surface area contributed by atoms with Crippen molar-refractivity contribution in [2.45, 2.75) is 12.5 Å². The van der Waals surface area contributed by atoms with Gasteiger partial charge < -0.3 is 10.0 Å². The summed E-state index contributed by atoms with van der Waals surface area (Å²) in [5.41, 5.74) is 1.27. The zero-order valence-electron chi connectivity index (χ0n) is 9.01. The predicted octanol–water partition coefficient (Wildman–Crippen LogP) is 1.50. The maximum absolute atomic E-state index is 8.87. The van der Waals surface area contributed by atoms with Crippen molar-refractivity contribution in [2.24, 2.45) is 4.99 Å². The molecular formula is C12H15ClN2O. The third-order valence-electron chi connectivity index (χ3n) is 2.67. The molecule has 2 rings (SSSR count). The van der Waals surface area contributed by atoms with Crippen molar-refractivity contribution in [3.8, 4) is 0 Å². The Morgan fingerprint density at radius 1 is 1.38 bits per heavy atom. The summed E-state index contributed by atoms with van der Waals surface area (Å²) in [4.78, 5) is 6.29. The first kappa shape index (κ1) is 11.4. The Hall–Kier alpha value is -1.06. The van der Waals surface area contributed by atoms with Crippen LogP contribution in [0, 0.1) is 0 Å². The van der Waals surface area contributed by atoms with Crippen LogP contribution in [0.4, 0.5) is 0 Å².